The van der Waals surface area contributed by atoms with Gasteiger partial charge in [-0.05, 0) is 37.8 Å². The van der Waals surface area contributed by atoms with Crippen LogP contribution in [0, 0.1) is 12.8 Å². The third-order valence-corrected chi connectivity index (χ3v) is 3.36. The molecule has 2 rings (SSSR count). The van der Waals surface area contributed by atoms with Gasteiger partial charge in [-0.15, -0.1) is 0 Å². The zero-order chi connectivity index (χ0) is 13.0. The Morgan fingerprint density at radius 2 is 2.44 bits per heavy atom. The lowest BCUT2D eigenvalue weighted by atomic mass is 10.1. The van der Waals surface area contributed by atoms with E-state index in [1.54, 1.807) is 0 Å². The molecule has 1 saturated heterocycles. The van der Waals surface area contributed by atoms with Crippen LogP contribution < -0.4 is 11.1 Å². The van der Waals surface area contributed by atoms with Gasteiger partial charge in [0.2, 0.25) is 0 Å². The van der Waals surface area contributed by atoms with E-state index in [9.17, 15) is 0 Å². The number of nitrogens with one attached hydrogen (secondary N) is 1. The highest BCUT2D eigenvalue weighted by Crippen LogP contribution is 2.16. The summed E-state index contributed by atoms with van der Waals surface area (Å²) < 4.78 is 5.35. The summed E-state index contributed by atoms with van der Waals surface area (Å²) in [6.07, 6.45) is 2.28. The van der Waals surface area contributed by atoms with Crippen LogP contribution in [0.3, 0.4) is 0 Å². The molecule has 0 aliphatic carbocycles. The molecule has 0 bridgehead atoms. The summed E-state index contributed by atoms with van der Waals surface area (Å²) in [5.74, 6) is 1.52. The van der Waals surface area contributed by atoms with Crippen LogP contribution in [-0.4, -0.2) is 29.7 Å². The molecule has 0 amide bonds. The predicted octanol–water partition coefficient (Wildman–Crippen LogP) is 1.86. The zero-order valence-corrected chi connectivity index (χ0v) is 11.4. The van der Waals surface area contributed by atoms with Gasteiger partial charge in [0, 0.05) is 31.0 Å². The maximum absolute atomic E-state index is 5.64. The van der Waals surface area contributed by atoms with Crippen LogP contribution in [-0.2, 0) is 4.74 Å². The molecule has 0 aromatic carbocycles. The molecular weight excluding hydrogens is 246 g/mol. The first-order valence-corrected chi connectivity index (χ1v) is 6.66. The molecule has 1 unspecified atom stereocenters. The molecule has 18 heavy (non-hydrogen) atoms. The van der Waals surface area contributed by atoms with Crippen molar-refractivity contribution >= 4 is 23.0 Å². The van der Waals surface area contributed by atoms with E-state index in [0.29, 0.717) is 10.9 Å². The summed E-state index contributed by atoms with van der Waals surface area (Å²) in [6, 6.07) is 3.80. The van der Waals surface area contributed by atoms with Gasteiger partial charge >= 0.3 is 0 Å². The van der Waals surface area contributed by atoms with Crippen molar-refractivity contribution in [3.05, 3.63) is 23.4 Å². The number of hydrogen-bond donors (Lipinski definition) is 2. The second-order valence-electron chi connectivity index (χ2n) is 4.69. The fourth-order valence-corrected chi connectivity index (χ4v) is 2.23. The molecule has 3 N–H and O–H groups in total. The van der Waals surface area contributed by atoms with Crippen LogP contribution in [0.15, 0.2) is 12.1 Å². The quantitative estimate of drug-likeness (QED) is 0.796. The van der Waals surface area contributed by atoms with Crippen LogP contribution in [0.4, 0.5) is 5.82 Å². The van der Waals surface area contributed by atoms with Crippen molar-refractivity contribution in [1.29, 1.82) is 0 Å². The van der Waals surface area contributed by atoms with Crippen molar-refractivity contribution in [2.24, 2.45) is 11.7 Å². The topological polar surface area (TPSA) is 60.2 Å². The minimum atomic E-state index is 0.410. The van der Waals surface area contributed by atoms with Crippen LogP contribution in [0.25, 0.3) is 0 Å². The van der Waals surface area contributed by atoms with Crippen LogP contribution in [0.2, 0.25) is 0 Å². The molecule has 1 aliphatic heterocycles. The number of aromatic nitrogens is 1. The first-order valence-electron chi connectivity index (χ1n) is 6.25. The number of aryl methyl sites for hydroxylation is 1. The van der Waals surface area contributed by atoms with Crippen LogP contribution in [0.1, 0.15) is 24.1 Å². The number of ether oxygens (including phenoxy) is 1. The molecule has 1 aliphatic rings. The van der Waals surface area contributed by atoms with Crippen molar-refractivity contribution in [3.63, 3.8) is 0 Å². The van der Waals surface area contributed by atoms with Gasteiger partial charge in [0.15, 0.2) is 0 Å². The Bertz CT molecular complexity index is 430. The molecule has 0 spiro atoms. The van der Waals surface area contributed by atoms with Gasteiger partial charge < -0.3 is 15.8 Å². The SMILES string of the molecule is Cc1cc(C(N)=S)cc(NCCC2CCOC2)n1. The highest BCUT2D eigenvalue weighted by Gasteiger charge is 2.14. The van der Waals surface area contributed by atoms with Gasteiger partial charge in [0.1, 0.15) is 10.8 Å². The van der Waals surface area contributed by atoms with Gasteiger partial charge in [-0.3, -0.25) is 0 Å². The summed E-state index contributed by atoms with van der Waals surface area (Å²) in [6.45, 7) is 4.64. The first-order chi connectivity index (χ1) is 8.65. The third-order valence-electron chi connectivity index (χ3n) is 3.12. The number of nitrogens with two attached hydrogens (primary N) is 1. The lowest BCUT2D eigenvalue weighted by Gasteiger charge is -2.11. The van der Waals surface area contributed by atoms with Gasteiger partial charge in [-0.25, -0.2) is 4.98 Å². The fraction of sp³-hybridized carbons (Fsp3) is 0.538. The Morgan fingerprint density at radius 1 is 1.61 bits per heavy atom. The number of anilines is 1. The summed E-state index contributed by atoms with van der Waals surface area (Å²) in [5, 5.41) is 3.33. The summed E-state index contributed by atoms with van der Waals surface area (Å²) >= 11 is 4.99. The van der Waals surface area contributed by atoms with Crippen molar-refractivity contribution < 1.29 is 4.74 Å². The van der Waals surface area contributed by atoms with E-state index < -0.39 is 0 Å². The maximum Gasteiger partial charge on any atom is 0.126 e. The van der Waals surface area contributed by atoms with Crippen molar-refractivity contribution in [3.8, 4) is 0 Å². The number of nitrogens with zero attached hydrogens (tertiary/aromatic N) is 1. The monoisotopic (exact) mass is 265 g/mol. The third kappa shape index (κ3) is 3.65. The molecule has 0 saturated carbocycles. The standard InChI is InChI=1S/C13H19N3OS/c1-9-6-11(13(14)18)7-12(16-9)15-4-2-10-3-5-17-8-10/h6-7,10H,2-5,8H2,1H3,(H2,14,18)(H,15,16). The summed E-state index contributed by atoms with van der Waals surface area (Å²) in [7, 11) is 0. The number of hydrogen-bond acceptors (Lipinski definition) is 4. The predicted molar refractivity (Wildman–Crippen MR) is 76.9 cm³/mol. The van der Waals surface area contributed by atoms with E-state index in [-0.39, 0.29) is 0 Å². The molecule has 1 aromatic heterocycles. The molecular formula is C13H19N3OS. The van der Waals surface area contributed by atoms with E-state index >= 15 is 0 Å². The Kier molecular flexibility index (Phi) is 4.49. The van der Waals surface area contributed by atoms with Crippen molar-refractivity contribution in [2.45, 2.75) is 19.8 Å². The Balaban J connectivity index is 1.89. The second-order valence-corrected chi connectivity index (χ2v) is 5.13. The van der Waals surface area contributed by atoms with Gasteiger partial charge in [-0.1, -0.05) is 12.2 Å². The molecule has 4 nitrogen and oxygen atoms in total. The van der Waals surface area contributed by atoms with E-state index in [2.05, 4.69) is 10.3 Å². The molecule has 1 aromatic rings. The minimum absolute atomic E-state index is 0.410. The Labute approximate surface area is 113 Å². The van der Waals surface area contributed by atoms with Gasteiger partial charge in [0.05, 0.1) is 0 Å². The highest BCUT2D eigenvalue weighted by atomic mass is 32.1. The zero-order valence-electron chi connectivity index (χ0n) is 10.6. The van der Waals surface area contributed by atoms with Crippen molar-refractivity contribution in [1.82, 2.24) is 4.98 Å². The molecule has 1 fully saturated rings. The van der Waals surface area contributed by atoms with Crippen molar-refractivity contribution in [2.75, 3.05) is 25.1 Å². The maximum atomic E-state index is 5.64. The number of pyridine rings is 1. The number of thiocarbonyl (C=S) groups is 1. The van der Waals surface area contributed by atoms with Crippen LogP contribution >= 0.6 is 12.2 Å². The molecule has 2 heterocycles. The van der Waals surface area contributed by atoms with Gasteiger partial charge in [-0.2, -0.15) is 0 Å². The van der Waals surface area contributed by atoms with E-state index in [4.69, 9.17) is 22.7 Å². The molecule has 0 radical (unpaired) electrons. The average molecular weight is 265 g/mol. The lowest BCUT2D eigenvalue weighted by molar-refractivity contribution is 0.185. The average Bonchev–Trinajstić information content (AvgIpc) is 2.81. The second kappa shape index (κ2) is 6.11. The summed E-state index contributed by atoms with van der Waals surface area (Å²) in [5.41, 5.74) is 7.43. The minimum Gasteiger partial charge on any atom is -0.389 e. The first kappa shape index (κ1) is 13.2. The van der Waals surface area contributed by atoms with E-state index in [1.165, 1.54) is 6.42 Å². The normalized spacial score (nSPS) is 18.8. The number of rotatable bonds is 5. The Morgan fingerprint density at radius 3 is 3.11 bits per heavy atom. The molecule has 98 valence electrons. The molecule has 5 heteroatoms. The smallest absolute Gasteiger partial charge is 0.126 e. The summed E-state index contributed by atoms with van der Waals surface area (Å²) in [4.78, 5) is 4.83. The van der Waals surface area contributed by atoms with Crippen LogP contribution in [0.5, 0.6) is 0 Å². The largest absolute Gasteiger partial charge is 0.389 e. The van der Waals surface area contributed by atoms with E-state index in [1.807, 2.05) is 19.1 Å². The van der Waals surface area contributed by atoms with E-state index in [0.717, 1.165) is 43.3 Å². The molecule has 1 atom stereocenters. The Hall–Kier alpha value is -1.20. The fourth-order valence-electron chi connectivity index (χ4n) is 2.12. The highest BCUT2D eigenvalue weighted by molar-refractivity contribution is 7.80. The lowest BCUT2D eigenvalue weighted by Crippen LogP contribution is -2.13. The van der Waals surface area contributed by atoms with Gasteiger partial charge in [0.25, 0.3) is 0 Å².